The molecule has 0 spiro atoms. The average molecular weight is 579 g/mol. The molecule has 0 aromatic heterocycles. The summed E-state index contributed by atoms with van der Waals surface area (Å²) in [6.07, 6.45) is 6.92. The van der Waals surface area contributed by atoms with Crippen LogP contribution in [0, 0.1) is 5.92 Å². The molecule has 1 saturated carbocycles. The summed E-state index contributed by atoms with van der Waals surface area (Å²) in [4.78, 5) is 36.2. The molecular weight excluding hydrogens is 540 g/mol. The van der Waals surface area contributed by atoms with E-state index in [0.29, 0.717) is 80.7 Å². The fourth-order valence-electron chi connectivity index (χ4n) is 4.15. The Morgan fingerprint density at radius 1 is 0.714 bits per heavy atom. The van der Waals surface area contributed by atoms with E-state index >= 15 is 0 Å². The summed E-state index contributed by atoms with van der Waals surface area (Å²) in [6, 6.07) is 13.0. The smallest absolute Gasteiger partial charge is 0.343 e. The van der Waals surface area contributed by atoms with Crippen LogP contribution in [0.25, 0.3) is 0 Å². The van der Waals surface area contributed by atoms with E-state index in [1.807, 2.05) is 0 Å². The third-order valence-electron chi connectivity index (χ3n) is 6.48. The number of esters is 3. The Bertz CT molecular complexity index is 1190. The molecule has 0 bridgehead atoms. The Morgan fingerprint density at radius 3 is 1.95 bits per heavy atom. The second kappa shape index (κ2) is 17.4. The van der Waals surface area contributed by atoms with E-state index in [9.17, 15) is 14.4 Å². The van der Waals surface area contributed by atoms with Crippen LogP contribution in [0.3, 0.4) is 0 Å². The molecular formula is C33H38O9. The standard InChI is InChI=1S/C33H38O9/c1-4-24(3)37-20-6-21-38-27-12-8-25(9-13-27)32(35)41-29-16-18-30(19-17-29)42-33(36)26-10-14-28(15-11-26)39-22-7-23-40-31(34)5-2/h4-5,8-9,12-13,16-19,26,28H,1-3,6-7,10-11,14-15,20-23H2. The van der Waals surface area contributed by atoms with Gasteiger partial charge in [0.15, 0.2) is 0 Å². The molecule has 1 fully saturated rings. The molecule has 42 heavy (non-hydrogen) atoms. The second-order valence-electron chi connectivity index (χ2n) is 9.60. The van der Waals surface area contributed by atoms with E-state index in [1.165, 1.54) is 0 Å². The monoisotopic (exact) mass is 578 g/mol. The van der Waals surface area contributed by atoms with Gasteiger partial charge in [0, 0.05) is 18.9 Å². The molecule has 0 radical (unpaired) electrons. The lowest BCUT2D eigenvalue weighted by molar-refractivity contribution is -0.141. The second-order valence-corrected chi connectivity index (χ2v) is 9.60. The number of allylic oxidation sites excluding steroid dienone is 1. The van der Waals surface area contributed by atoms with Crippen molar-refractivity contribution in [2.75, 3.05) is 26.4 Å². The molecule has 224 valence electrons. The van der Waals surface area contributed by atoms with Crippen LogP contribution >= 0.6 is 0 Å². The van der Waals surface area contributed by atoms with Crippen molar-refractivity contribution >= 4 is 17.9 Å². The normalized spacial score (nSPS) is 16.0. The first kappa shape index (κ1) is 32.1. The van der Waals surface area contributed by atoms with Gasteiger partial charge in [0.05, 0.1) is 44.0 Å². The van der Waals surface area contributed by atoms with Gasteiger partial charge in [0.2, 0.25) is 0 Å². The van der Waals surface area contributed by atoms with Gasteiger partial charge in [-0.2, -0.15) is 0 Å². The number of rotatable bonds is 17. The lowest BCUT2D eigenvalue weighted by atomic mass is 9.87. The van der Waals surface area contributed by atoms with Gasteiger partial charge in [0.1, 0.15) is 23.0 Å². The van der Waals surface area contributed by atoms with Crippen LogP contribution in [0.5, 0.6) is 17.2 Å². The highest BCUT2D eigenvalue weighted by Crippen LogP contribution is 2.28. The number of ether oxygens (including phenoxy) is 6. The fraction of sp³-hybridized carbons (Fsp3) is 0.364. The summed E-state index contributed by atoms with van der Waals surface area (Å²) in [5.74, 6) is 0.424. The molecule has 9 heteroatoms. The molecule has 0 aliphatic heterocycles. The van der Waals surface area contributed by atoms with Crippen LogP contribution in [0.1, 0.15) is 48.9 Å². The topological polar surface area (TPSA) is 107 Å². The Hall–Kier alpha value is -4.37. The summed E-state index contributed by atoms with van der Waals surface area (Å²) in [5.41, 5.74) is 0.374. The predicted molar refractivity (Wildman–Crippen MR) is 156 cm³/mol. The van der Waals surface area contributed by atoms with Crippen LogP contribution in [-0.4, -0.2) is 50.4 Å². The van der Waals surface area contributed by atoms with E-state index in [0.717, 1.165) is 18.9 Å². The van der Waals surface area contributed by atoms with Crippen LogP contribution in [-0.2, 0) is 23.8 Å². The van der Waals surface area contributed by atoms with Crippen molar-refractivity contribution < 1.29 is 42.8 Å². The van der Waals surface area contributed by atoms with Crippen molar-refractivity contribution in [3.63, 3.8) is 0 Å². The highest BCUT2D eigenvalue weighted by atomic mass is 16.5. The third-order valence-corrected chi connectivity index (χ3v) is 6.48. The third kappa shape index (κ3) is 11.2. The quantitative estimate of drug-likeness (QED) is 0.0559. The van der Waals surface area contributed by atoms with E-state index in [-0.39, 0.29) is 18.0 Å². The zero-order valence-corrected chi connectivity index (χ0v) is 23.8. The molecule has 1 aliphatic rings. The van der Waals surface area contributed by atoms with Gasteiger partial charge >= 0.3 is 17.9 Å². The zero-order chi connectivity index (χ0) is 30.2. The largest absolute Gasteiger partial charge is 0.494 e. The maximum atomic E-state index is 12.7. The maximum absolute atomic E-state index is 12.7. The molecule has 2 aromatic carbocycles. The summed E-state index contributed by atoms with van der Waals surface area (Å²) >= 11 is 0. The first-order valence-electron chi connectivity index (χ1n) is 14.0. The molecule has 3 rings (SSSR count). The van der Waals surface area contributed by atoms with Gasteiger partial charge in [-0.3, -0.25) is 4.79 Å². The molecule has 2 aromatic rings. The Labute approximate surface area is 246 Å². The van der Waals surface area contributed by atoms with Crippen LogP contribution < -0.4 is 14.2 Å². The van der Waals surface area contributed by atoms with Crippen molar-refractivity contribution in [3.05, 3.63) is 91.7 Å². The molecule has 9 nitrogen and oxygen atoms in total. The highest BCUT2D eigenvalue weighted by Gasteiger charge is 2.28. The number of carbonyl (C=O) groups excluding carboxylic acids is 3. The predicted octanol–water partition coefficient (Wildman–Crippen LogP) is 5.99. The molecule has 0 amide bonds. The summed E-state index contributed by atoms with van der Waals surface area (Å²) in [7, 11) is 0. The molecule has 0 N–H and O–H groups in total. The molecule has 0 heterocycles. The van der Waals surface area contributed by atoms with Crippen molar-refractivity contribution in [3.8, 4) is 17.2 Å². The average Bonchev–Trinajstić information content (AvgIpc) is 3.01. The molecule has 1 aliphatic carbocycles. The SMILES string of the molecule is C=CC(=C)OCCCOc1ccc(C(=O)Oc2ccc(OC(=O)C3CCC(OCCCOC(=O)C=C)CC3)cc2)cc1. The van der Waals surface area contributed by atoms with Crippen LogP contribution in [0.4, 0.5) is 0 Å². The van der Waals surface area contributed by atoms with E-state index < -0.39 is 11.9 Å². The minimum atomic E-state index is -0.514. The summed E-state index contributed by atoms with van der Waals surface area (Å²) in [5, 5.41) is 0. The lowest BCUT2D eigenvalue weighted by Gasteiger charge is -2.27. The van der Waals surface area contributed by atoms with Crippen LogP contribution in [0.2, 0.25) is 0 Å². The lowest BCUT2D eigenvalue weighted by Crippen LogP contribution is -2.29. The van der Waals surface area contributed by atoms with Gasteiger partial charge in [-0.15, -0.1) is 0 Å². The number of hydrogen-bond acceptors (Lipinski definition) is 9. The van der Waals surface area contributed by atoms with Crippen molar-refractivity contribution in [1.82, 2.24) is 0 Å². The van der Waals surface area contributed by atoms with Gasteiger partial charge in [0.25, 0.3) is 0 Å². The van der Waals surface area contributed by atoms with E-state index in [1.54, 1.807) is 54.6 Å². The molecule has 0 atom stereocenters. The highest BCUT2D eigenvalue weighted by molar-refractivity contribution is 5.91. The maximum Gasteiger partial charge on any atom is 0.343 e. The van der Waals surface area contributed by atoms with Gasteiger partial charge < -0.3 is 28.4 Å². The van der Waals surface area contributed by atoms with Crippen LogP contribution in [0.15, 0.2) is 86.2 Å². The Kier molecular flexibility index (Phi) is 13.4. The van der Waals surface area contributed by atoms with Gasteiger partial charge in [-0.05, 0) is 80.3 Å². The van der Waals surface area contributed by atoms with Gasteiger partial charge in [-0.1, -0.05) is 19.7 Å². The molecule has 0 unspecified atom stereocenters. The summed E-state index contributed by atoms with van der Waals surface area (Å²) < 4.78 is 32.7. The van der Waals surface area contributed by atoms with Crippen molar-refractivity contribution in [1.29, 1.82) is 0 Å². The summed E-state index contributed by atoms with van der Waals surface area (Å²) in [6.45, 7) is 12.3. The fourth-order valence-corrected chi connectivity index (χ4v) is 4.15. The number of benzene rings is 2. The number of hydrogen-bond donors (Lipinski definition) is 0. The van der Waals surface area contributed by atoms with Crippen molar-refractivity contribution in [2.45, 2.75) is 44.6 Å². The minimum absolute atomic E-state index is 0.0793. The first-order chi connectivity index (χ1) is 20.4. The van der Waals surface area contributed by atoms with E-state index in [4.69, 9.17) is 28.4 Å². The Morgan fingerprint density at radius 2 is 1.31 bits per heavy atom. The van der Waals surface area contributed by atoms with Gasteiger partial charge in [-0.25, -0.2) is 9.59 Å². The zero-order valence-electron chi connectivity index (χ0n) is 23.8. The number of carbonyl (C=O) groups is 3. The molecule has 0 saturated heterocycles. The minimum Gasteiger partial charge on any atom is -0.494 e. The Balaban J connectivity index is 1.34. The van der Waals surface area contributed by atoms with Crippen molar-refractivity contribution in [2.24, 2.45) is 5.92 Å². The van der Waals surface area contributed by atoms with E-state index in [2.05, 4.69) is 19.7 Å². The first-order valence-corrected chi connectivity index (χ1v) is 14.0.